The van der Waals surface area contributed by atoms with Gasteiger partial charge in [-0.1, -0.05) is 31.4 Å². The van der Waals surface area contributed by atoms with Crippen LogP contribution >= 0.6 is 0 Å². The first kappa shape index (κ1) is 19.4. The van der Waals surface area contributed by atoms with Crippen molar-refractivity contribution in [1.29, 1.82) is 5.26 Å². The molecule has 1 heterocycles. The standard InChI is InChI=1S/C23H27N5O/c1-28(19-5-3-2-4-6-19)22(29)20-15-26-23(25-14-17-7-8-17)27-21(20)18-11-9-16(13-24)10-12-18/h9-12,15,17,19H,2-8,14H2,1H3,(H,25,26,27). The Kier molecular flexibility index (Phi) is 5.75. The zero-order valence-electron chi connectivity index (χ0n) is 16.9. The zero-order chi connectivity index (χ0) is 20.2. The first-order valence-corrected chi connectivity index (χ1v) is 10.5. The van der Waals surface area contributed by atoms with Crippen molar-refractivity contribution in [2.24, 2.45) is 5.92 Å². The number of hydrogen-bond donors (Lipinski definition) is 1. The molecule has 150 valence electrons. The molecule has 2 aliphatic rings. The van der Waals surface area contributed by atoms with Gasteiger partial charge >= 0.3 is 0 Å². The van der Waals surface area contributed by atoms with Gasteiger partial charge in [0.25, 0.3) is 5.91 Å². The van der Waals surface area contributed by atoms with E-state index in [-0.39, 0.29) is 11.9 Å². The van der Waals surface area contributed by atoms with Crippen LogP contribution in [0.3, 0.4) is 0 Å². The quantitative estimate of drug-likeness (QED) is 0.799. The third-order valence-corrected chi connectivity index (χ3v) is 6.00. The number of nitriles is 1. The Bertz CT molecular complexity index is 908. The number of hydrogen-bond acceptors (Lipinski definition) is 5. The molecule has 1 aromatic heterocycles. The summed E-state index contributed by atoms with van der Waals surface area (Å²) in [6.07, 6.45) is 9.84. The van der Waals surface area contributed by atoms with E-state index in [1.165, 1.54) is 32.1 Å². The van der Waals surface area contributed by atoms with Crippen molar-refractivity contribution in [3.05, 3.63) is 41.6 Å². The van der Waals surface area contributed by atoms with E-state index >= 15 is 0 Å². The highest BCUT2D eigenvalue weighted by atomic mass is 16.2. The fraction of sp³-hybridized carbons (Fsp3) is 0.478. The smallest absolute Gasteiger partial charge is 0.257 e. The Hall–Kier alpha value is -2.94. The molecule has 0 radical (unpaired) electrons. The molecule has 1 amide bonds. The van der Waals surface area contributed by atoms with E-state index in [2.05, 4.69) is 16.4 Å². The first-order chi connectivity index (χ1) is 14.2. The van der Waals surface area contributed by atoms with E-state index in [4.69, 9.17) is 10.2 Å². The Labute approximate surface area is 172 Å². The second kappa shape index (κ2) is 8.60. The van der Waals surface area contributed by atoms with Crippen LogP contribution in [-0.4, -0.2) is 40.4 Å². The molecule has 0 unspecified atom stereocenters. The van der Waals surface area contributed by atoms with Gasteiger partial charge in [0, 0.05) is 31.4 Å². The van der Waals surface area contributed by atoms with Crippen molar-refractivity contribution in [2.45, 2.75) is 51.0 Å². The average molecular weight is 390 g/mol. The molecule has 2 fully saturated rings. The lowest BCUT2D eigenvalue weighted by molar-refractivity contribution is 0.0696. The minimum Gasteiger partial charge on any atom is -0.354 e. The highest BCUT2D eigenvalue weighted by molar-refractivity contribution is 5.99. The van der Waals surface area contributed by atoms with Gasteiger partial charge in [0.1, 0.15) is 0 Å². The van der Waals surface area contributed by atoms with Crippen molar-refractivity contribution < 1.29 is 4.79 Å². The molecule has 1 N–H and O–H groups in total. The van der Waals surface area contributed by atoms with E-state index < -0.39 is 0 Å². The summed E-state index contributed by atoms with van der Waals surface area (Å²) in [6, 6.07) is 9.63. The van der Waals surface area contributed by atoms with E-state index in [0.717, 1.165) is 24.9 Å². The van der Waals surface area contributed by atoms with Crippen molar-refractivity contribution in [1.82, 2.24) is 14.9 Å². The van der Waals surface area contributed by atoms with Crippen molar-refractivity contribution in [3.8, 4) is 17.3 Å². The van der Waals surface area contributed by atoms with Crippen LogP contribution in [0.15, 0.2) is 30.5 Å². The first-order valence-electron chi connectivity index (χ1n) is 10.5. The topological polar surface area (TPSA) is 81.9 Å². The zero-order valence-corrected chi connectivity index (χ0v) is 16.9. The fourth-order valence-electron chi connectivity index (χ4n) is 3.93. The predicted molar refractivity (Wildman–Crippen MR) is 112 cm³/mol. The van der Waals surface area contributed by atoms with Gasteiger partial charge in [0.15, 0.2) is 0 Å². The van der Waals surface area contributed by atoms with Crippen LogP contribution < -0.4 is 5.32 Å². The monoisotopic (exact) mass is 389 g/mol. The second-order valence-corrected chi connectivity index (χ2v) is 8.18. The number of nitrogens with zero attached hydrogens (tertiary/aromatic N) is 4. The molecule has 2 aromatic rings. The van der Waals surface area contributed by atoms with Crippen LogP contribution in [0.2, 0.25) is 0 Å². The molecule has 6 nitrogen and oxygen atoms in total. The van der Waals surface area contributed by atoms with Crippen molar-refractivity contribution >= 4 is 11.9 Å². The Morgan fingerprint density at radius 3 is 2.55 bits per heavy atom. The molecule has 2 saturated carbocycles. The molecular formula is C23H27N5O. The number of benzene rings is 1. The van der Waals surface area contributed by atoms with Crippen molar-refractivity contribution in [3.63, 3.8) is 0 Å². The molecule has 0 bridgehead atoms. The van der Waals surface area contributed by atoms with Crippen LogP contribution in [0.4, 0.5) is 5.95 Å². The van der Waals surface area contributed by atoms with Gasteiger partial charge in [-0.05, 0) is 43.7 Å². The molecule has 0 aliphatic heterocycles. The molecule has 0 spiro atoms. The molecule has 29 heavy (non-hydrogen) atoms. The summed E-state index contributed by atoms with van der Waals surface area (Å²) < 4.78 is 0. The predicted octanol–water partition coefficient (Wildman–Crippen LogP) is 4.24. The van der Waals surface area contributed by atoms with Crippen molar-refractivity contribution in [2.75, 3.05) is 18.9 Å². The van der Waals surface area contributed by atoms with Crippen LogP contribution in [0.25, 0.3) is 11.3 Å². The number of carbonyl (C=O) groups is 1. The minimum atomic E-state index is -0.0370. The van der Waals surface area contributed by atoms with Crippen LogP contribution in [0.1, 0.15) is 60.9 Å². The van der Waals surface area contributed by atoms with Gasteiger partial charge in [0.05, 0.1) is 22.9 Å². The van der Waals surface area contributed by atoms with Crippen LogP contribution in [-0.2, 0) is 0 Å². The molecule has 6 heteroatoms. The minimum absolute atomic E-state index is 0.0370. The van der Waals surface area contributed by atoms with Gasteiger partial charge in [-0.3, -0.25) is 4.79 Å². The Morgan fingerprint density at radius 2 is 1.90 bits per heavy atom. The normalized spacial score (nSPS) is 16.8. The summed E-state index contributed by atoms with van der Waals surface area (Å²) in [5.41, 5.74) is 2.54. The Morgan fingerprint density at radius 1 is 1.17 bits per heavy atom. The fourth-order valence-corrected chi connectivity index (χ4v) is 3.93. The summed E-state index contributed by atoms with van der Waals surface area (Å²) in [7, 11) is 1.89. The maximum atomic E-state index is 13.3. The third kappa shape index (κ3) is 4.56. The SMILES string of the molecule is CN(C(=O)c1cnc(NCC2CC2)nc1-c1ccc(C#N)cc1)C1CCCCC1. The second-order valence-electron chi connectivity index (χ2n) is 8.18. The largest absolute Gasteiger partial charge is 0.354 e. The van der Waals surface area contributed by atoms with E-state index in [0.29, 0.717) is 28.7 Å². The summed E-state index contributed by atoms with van der Waals surface area (Å²) in [4.78, 5) is 24.3. The maximum absolute atomic E-state index is 13.3. The van der Waals surface area contributed by atoms with Gasteiger partial charge in [-0.2, -0.15) is 5.26 Å². The van der Waals surface area contributed by atoms with E-state index in [1.807, 2.05) is 24.1 Å². The van der Waals surface area contributed by atoms with Gasteiger partial charge in [0.2, 0.25) is 5.95 Å². The maximum Gasteiger partial charge on any atom is 0.257 e. The number of aromatic nitrogens is 2. The lowest BCUT2D eigenvalue weighted by Crippen LogP contribution is -2.38. The van der Waals surface area contributed by atoms with Crippen LogP contribution in [0.5, 0.6) is 0 Å². The molecular weight excluding hydrogens is 362 g/mol. The third-order valence-electron chi connectivity index (χ3n) is 6.00. The number of anilines is 1. The van der Waals surface area contributed by atoms with E-state index in [1.54, 1.807) is 18.3 Å². The summed E-state index contributed by atoms with van der Waals surface area (Å²) in [5, 5.41) is 12.4. The summed E-state index contributed by atoms with van der Waals surface area (Å²) in [6.45, 7) is 0.863. The highest BCUT2D eigenvalue weighted by Crippen LogP contribution is 2.30. The lowest BCUT2D eigenvalue weighted by atomic mass is 9.94. The van der Waals surface area contributed by atoms with Gasteiger partial charge < -0.3 is 10.2 Å². The Balaban J connectivity index is 1.64. The number of carbonyl (C=O) groups excluding carboxylic acids is 1. The number of amides is 1. The average Bonchev–Trinajstić information content (AvgIpc) is 3.62. The van der Waals surface area contributed by atoms with Gasteiger partial charge in [-0.25, -0.2) is 9.97 Å². The number of nitrogens with one attached hydrogen (secondary N) is 1. The molecule has 2 aliphatic carbocycles. The van der Waals surface area contributed by atoms with Gasteiger partial charge in [-0.15, -0.1) is 0 Å². The lowest BCUT2D eigenvalue weighted by Gasteiger charge is -2.31. The molecule has 0 atom stereocenters. The molecule has 4 rings (SSSR count). The molecule has 1 aromatic carbocycles. The summed E-state index contributed by atoms with van der Waals surface area (Å²) in [5.74, 6) is 1.22. The molecule has 0 saturated heterocycles. The van der Waals surface area contributed by atoms with E-state index in [9.17, 15) is 4.79 Å². The van der Waals surface area contributed by atoms with Crippen LogP contribution in [0, 0.1) is 17.2 Å². The summed E-state index contributed by atoms with van der Waals surface area (Å²) >= 11 is 0. The number of rotatable bonds is 6. The highest BCUT2D eigenvalue weighted by Gasteiger charge is 2.26.